The maximum Gasteiger partial charge on any atom is 0.203 e. The van der Waals surface area contributed by atoms with Crippen LogP contribution in [0.15, 0.2) is 6.20 Å². The highest BCUT2D eigenvalue weighted by molar-refractivity contribution is 5.31. The SMILES string of the molecule is COCC(C)n1cc(C)nc1NC(C)C1CCCO1. The molecule has 1 aliphatic heterocycles. The number of nitrogens with one attached hydrogen (secondary N) is 1. The van der Waals surface area contributed by atoms with Gasteiger partial charge in [0.15, 0.2) is 0 Å². The first kappa shape index (κ1) is 14.3. The van der Waals surface area contributed by atoms with Crippen LogP contribution in [0.1, 0.15) is 38.4 Å². The van der Waals surface area contributed by atoms with Gasteiger partial charge in [0.05, 0.1) is 30.5 Å². The number of hydrogen-bond acceptors (Lipinski definition) is 4. The molecule has 5 heteroatoms. The fourth-order valence-electron chi connectivity index (χ4n) is 2.57. The number of aromatic nitrogens is 2. The summed E-state index contributed by atoms with van der Waals surface area (Å²) in [5.41, 5.74) is 1.02. The Hall–Kier alpha value is -1.07. The van der Waals surface area contributed by atoms with Gasteiger partial charge in [-0.1, -0.05) is 0 Å². The summed E-state index contributed by atoms with van der Waals surface area (Å²) < 4.78 is 13.1. The zero-order valence-electron chi connectivity index (χ0n) is 12.3. The maximum atomic E-state index is 5.72. The summed E-state index contributed by atoms with van der Waals surface area (Å²) in [4.78, 5) is 4.57. The van der Waals surface area contributed by atoms with Gasteiger partial charge in [-0.2, -0.15) is 0 Å². The minimum atomic E-state index is 0.269. The fourth-order valence-corrected chi connectivity index (χ4v) is 2.57. The molecular formula is C14H25N3O2. The number of imidazole rings is 1. The second-order valence-corrected chi connectivity index (χ2v) is 5.40. The minimum Gasteiger partial charge on any atom is -0.383 e. The lowest BCUT2D eigenvalue weighted by Gasteiger charge is -2.23. The average molecular weight is 267 g/mol. The van der Waals surface area contributed by atoms with Gasteiger partial charge in [-0.25, -0.2) is 4.98 Å². The van der Waals surface area contributed by atoms with Gasteiger partial charge in [0.25, 0.3) is 0 Å². The van der Waals surface area contributed by atoms with Crippen molar-refractivity contribution < 1.29 is 9.47 Å². The topological polar surface area (TPSA) is 48.3 Å². The summed E-state index contributed by atoms with van der Waals surface area (Å²) in [7, 11) is 1.72. The summed E-state index contributed by atoms with van der Waals surface area (Å²) >= 11 is 0. The Morgan fingerprint density at radius 3 is 3.00 bits per heavy atom. The maximum absolute atomic E-state index is 5.72. The Labute approximate surface area is 115 Å². The van der Waals surface area contributed by atoms with E-state index in [4.69, 9.17) is 9.47 Å². The van der Waals surface area contributed by atoms with E-state index in [1.165, 1.54) is 0 Å². The van der Waals surface area contributed by atoms with Crippen LogP contribution in [0.3, 0.4) is 0 Å². The van der Waals surface area contributed by atoms with Crippen LogP contribution in [0.2, 0.25) is 0 Å². The van der Waals surface area contributed by atoms with E-state index < -0.39 is 0 Å². The molecule has 0 amide bonds. The molecule has 3 unspecified atom stereocenters. The lowest BCUT2D eigenvalue weighted by atomic mass is 10.1. The van der Waals surface area contributed by atoms with Crippen LogP contribution >= 0.6 is 0 Å². The molecule has 0 spiro atoms. The Bertz CT molecular complexity index is 399. The first-order valence-corrected chi connectivity index (χ1v) is 7.04. The van der Waals surface area contributed by atoms with Gasteiger partial charge in [0.2, 0.25) is 5.95 Å². The lowest BCUT2D eigenvalue weighted by molar-refractivity contribution is 0.0992. The number of hydrogen-bond donors (Lipinski definition) is 1. The van der Waals surface area contributed by atoms with E-state index in [2.05, 4.69) is 34.9 Å². The molecule has 0 saturated carbocycles. The first-order chi connectivity index (χ1) is 9.11. The summed E-state index contributed by atoms with van der Waals surface area (Å²) in [6.07, 6.45) is 4.64. The Morgan fingerprint density at radius 2 is 2.37 bits per heavy atom. The molecule has 1 aromatic heterocycles. The van der Waals surface area contributed by atoms with Crippen molar-refractivity contribution in [3.63, 3.8) is 0 Å². The predicted octanol–water partition coefficient (Wildman–Crippen LogP) is 2.38. The molecule has 2 rings (SSSR count). The Kier molecular flexibility index (Phi) is 4.82. The second kappa shape index (κ2) is 6.39. The van der Waals surface area contributed by atoms with Gasteiger partial charge >= 0.3 is 0 Å². The molecule has 1 N–H and O–H groups in total. The van der Waals surface area contributed by atoms with E-state index in [-0.39, 0.29) is 12.1 Å². The van der Waals surface area contributed by atoms with E-state index in [0.29, 0.717) is 12.7 Å². The largest absolute Gasteiger partial charge is 0.383 e. The highest BCUT2D eigenvalue weighted by Crippen LogP contribution is 2.21. The summed E-state index contributed by atoms with van der Waals surface area (Å²) in [6.45, 7) is 7.86. The molecule has 2 heterocycles. The van der Waals surface area contributed by atoms with E-state index in [0.717, 1.165) is 31.1 Å². The molecular weight excluding hydrogens is 242 g/mol. The van der Waals surface area contributed by atoms with Crippen molar-refractivity contribution in [3.05, 3.63) is 11.9 Å². The molecule has 108 valence electrons. The third kappa shape index (κ3) is 3.48. The minimum absolute atomic E-state index is 0.269. The number of ether oxygens (including phenoxy) is 2. The molecule has 1 saturated heterocycles. The zero-order valence-corrected chi connectivity index (χ0v) is 12.3. The molecule has 5 nitrogen and oxygen atoms in total. The first-order valence-electron chi connectivity index (χ1n) is 7.04. The van der Waals surface area contributed by atoms with Crippen molar-refractivity contribution >= 4 is 5.95 Å². The normalized spacial score (nSPS) is 22.4. The standard InChI is InChI=1S/C14H25N3O2/c1-10-8-17(11(2)9-18-4)14(15-10)16-12(3)13-6-5-7-19-13/h8,11-13H,5-7,9H2,1-4H3,(H,15,16). The molecule has 0 aliphatic carbocycles. The molecule has 1 fully saturated rings. The van der Waals surface area contributed by atoms with E-state index in [9.17, 15) is 0 Å². The van der Waals surface area contributed by atoms with Crippen LogP contribution in [-0.2, 0) is 9.47 Å². The number of nitrogens with zero attached hydrogens (tertiary/aromatic N) is 2. The summed E-state index contributed by atoms with van der Waals surface area (Å²) in [5, 5.41) is 3.48. The average Bonchev–Trinajstić information content (AvgIpc) is 2.98. The quantitative estimate of drug-likeness (QED) is 0.859. The number of anilines is 1. The van der Waals surface area contributed by atoms with E-state index in [1.807, 2.05) is 6.92 Å². The smallest absolute Gasteiger partial charge is 0.203 e. The van der Waals surface area contributed by atoms with Crippen LogP contribution in [-0.4, -0.2) is 42.0 Å². The number of methoxy groups -OCH3 is 1. The van der Waals surface area contributed by atoms with Gasteiger partial charge < -0.3 is 19.4 Å². The number of rotatable bonds is 6. The van der Waals surface area contributed by atoms with E-state index in [1.54, 1.807) is 7.11 Å². The zero-order chi connectivity index (χ0) is 13.8. The fraction of sp³-hybridized carbons (Fsp3) is 0.786. The molecule has 1 aromatic rings. The van der Waals surface area contributed by atoms with Crippen molar-refractivity contribution in [2.45, 2.75) is 51.8 Å². The Balaban J connectivity index is 2.06. The third-order valence-corrected chi connectivity index (χ3v) is 3.61. The van der Waals surface area contributed by atoms with E-state index >= 15 is 0 Å². The monoisotopic (exact) mass is 267 g/mol. The van der Waals surface area contributed by atoms with Gasteiger partial charge in [-0.3, -0.25) is 0 Å². The van der Waals surface area contributed by atoms with Crippen LogP contribution in [0.4, 0.5) is 5.95 Å². The third-order valence-electron chi connectivity index (χ3n) is 3.61. The molecule has 19 heavy (non-hydrogen) atoms. The highest BCUT2D eigenvalue weighted by Gasteiger charge is 2.24. The van der Waals surface area contributed by atoms with Gasteiger partial charge in [0.1, 0.15) is 0 Å². The van der Waals surface area contributed by atoms with Crippen molar-refractivity contribution in [3.8, 4) is 0 Å². The summed E-state index contributed by atoms with van der Waals surface area (Å²) in [6, 6.07) is 0.545. The summed E-state index contributed by atoms with van der Waals surface area (Å²) in [5.74, 6) is 0.907. The predicted molar refractivity (Wildman–Crippen MR) is 75.6 cm³/mol. The van der Waals surface area contributed by atoms with Crippen molar-refractivity contribution in [2.75, 3.05) is 25.6 Å². The van der Waals surface area contributed by atoms with Crippen LogP contribution in [0, 0.1) is 6.92 Å². The molecule has 1 aliphatic rings. The molecule has 0 radical (unpaired) electrons. The van der Waals surface area contributed by atoms with Crippen molar-refractivity contribution in [1.82, 2.24) is 9.55 Å². The van der Waals surface area contributed by atoms with Crippen LogP contribution in [0.5, 0.6) is 0 Å². The Morgan fingerprint density at radius 1 is 1.58 bits per heavy atom. The lowest BCUT2D eigenvalue weighted by Crippen LogP contribution is -2.31. The van der Waals surface area contributed by atoms with Gasteiger partial charge in [-0.05, 0) is 33.6 Å². The van der Waals surface area contributed by atoms with Crippen molar-refractivity contribution in [1.29, 1.82) is 0 Å². The second-order valence-electron chi connectivity index (χ2n) is 5.40. The highest BCUT2D eigenvalue weighted by atomic mass is 16.5. The molecule has 3 atom stereocenters. The van der Waals surface area contributed by atoms with Gasteiger partial charge in [0, 0.05) is 19.9 Å². The molecule has 0 aromatic carbocycles. The van der Waals surface area contributed by atoms with Gasteiger partial charge in [-0.15, -0.1) is 0 Å². The van der Waals surface area contributed by atoms with Crippen molar-refractivity contribution in [2.24, 2.45) is 0 Å². The molecule has 0 bridgehead atoms. The van der Waals surface area contributed by atoms with Crippen LogP contribution < -0.4 is 5.32 Å². The number of aryl methyl sites for hydroxylation is 1. The van der Waals surface area contributed by atoms with Crippen LogP contribution in [0.25, 0.3) is 0 Å².